The average molecular weight is 301 g/mol. The first-order chi connectivity index (χ1) is 7.52. The Morgan fingerprint density at radius 3 is 2.69 bits per heavy atom. The van der Waals surface area contributed by atoms with Gasteiger partial charge in [-0.3, -0.25) is 0 Å². The summed E-state index contributed by atoms with van der Waals surface area (Å²) >= 11 is 8.69. The highest BCUT2D eigenvalue weighted by Crippen LogP contribution is 2.21. The van der Waals surface area contributed by atoms with Gasteiger partial charge in [0.05, 0.1) is 0 Å². The average Bonchev–Trinajstić information content (AvgIpc) is 2.19. The second-order valence-corrected chi connectivity index (χ2v) is 5.23. The van der Waals surface area contributed by atoms with Crippen molar-refractivity contribution in [2.75, 3.05) is 5.32 Å². The molecular weight excluding hydrogens is 284 g/mol. The number of thiocarbonyl (C=S) groups is 1. The lowest BCUT2D eigenvalue weighted by Crippen LogP contribution is -2.34. The minimum Gasteiger partial charge on any atom is -0.360 e. The van der Waals surface area contributed by atoms with Gasteiger partial charge in [-0.05, 0) is 56.2 Å². The van der Waals surface area contributed by atoms with E-state index in [0.717, 1.165) is 16.6 Å². The van der Waals surface area contributed by atoms with E-state index in [1.165, 1.54) is 5.56 Å². The summed E-state index contributed by atoms with van der Waals surface area (Å²) in [6.07, 6.45) is 0.978. The molecule has 0 aliphatic rings. The summed E-state index contributed by atoms with van der Waals surface area (Å²) in [6.45, 7) is 6.26. The second-order valence-electron chi connectivity index (χ2n) is 3.91. The fourth-order valence-corrected chi connectivity index (χ4v) is 2.15. The first kappa shape index (κ1) is 13.5. The molecule has 0 radical (unpaired) electrons. The maximum absolute atomic E-state index is 5.22. The molecule has 0 aromatic heterocycles. The van der Waals surface area contributed by atoms with Gasteiger partial charge in [0.2, 0.25) is 0 Å². The zero-order valence-corrected chi connectivity index (χ0v) is 12.2. The van der Waals surface area contributed by atoms with Crippen molar-refractivity contribution >= 4 is 38.9 Å². The van der Waals surface area contributed by atoms with E-state index in [1.807, 2.05) is 12.1 Å². The van der Waals surface area contributed by atoms with Gasteiger partial charge < -0.3 is 10.6 Å². The molecule has 1 aromatic carbocycles. The van der Waals surface area contributed by atoms with Gasteiger partial charge in [0, 0.05) is 16.2 Å². The predicted molar refractivity (Wildman–Crippen MR) is 78.0 cm³/mol. The highest BCUT2D eigenvalue weighted by atomic mass is 79.9. The number of aryl methyl sites for hydroxylation is 1. The van der Waals surface area contributed by atoms with Crippen LogP contribution in [0.4, 0.5) is 5.69 Å². The number of nitrogens with one attached hydrogen (secondary N) is 2. The Hall–Kier alpha value is -0.610. The van der Waals surface area contributed by atoms with E-state index in [9.17, 15) is 0 Å². The van der Waals surface area contributed by atoms with Crippen LogP contribution < -0.4 is 10.6 Å². The van der Waals surface area contributed by atoms with Gasteiger partial charge in [-0.15, -0.1) is 0 Å². The first-order valence-electron chi connectivity index (χ1n) is 5.39. The fraction of sp³-hybridized carbons (Fsp3) is 0.417. The number of hydrogen-bond donors (Lipinski definition) is 2. The summed E-state index contributed by atoms with van der Waals surface area (Å²) < 4.78 is 1.10. The highest BCUT2D eigenvalue weighted by molar-refractivity contribution is 9.10. The molecule has 0 heterocycles. The quantitative estimate of drug-likeness (QED) is 0.832. The summed E-state index contributed by atoms with van der Waals surface area (Å²) in [7, 11) is 0. The smallest absolute Gasteiger partial charge is 0.170 e. The van der Waals surface area contributed by atoms with Crippen LogP contribution in [0.1, 0.15) is 26.3 Å². The zero-order valence-electron chi connectivity index (χ0n) is 9.80. The molecule has 16 heavy (non-hydrogen) atoms. The van der Waals surface area contributed by atoms with Crippen molar-refractivity contribution < 1.29 is 0 Å². The normalized spacial score (nSPS) is 10.3. The van der Waals surface area contributed by atoms with E-state index in [-0.39, 0.29) is 0 Å². The van der Waals surface area contributed by atoms with Crippen LogP contribution in [-0.2, 0) is 6.42 Å². The maximum atomic E-state index is 5.22. The molecule has 0 aliphatic heterocycles. The number of rotatable bonds is 3. The zero-order chi connectivity index (χ0) is 12.1. The highest BCUT2D eigenvalue weighted by Gasteiger charge is 2.04. The van der Waals surface area contributed by atoms with Crippen molar-refractivity contribution in [1.29, 1.82) is 0 Å². The molecule has 0 spiro atoms. The van der Waals surface area contributed by atoms with Crippen molar-refractivity contribution in [2.24, 2.45) is 0 Å². The summed E-state index contributed by atoms with van der Waals surface area (Å²) in [5.41, 5.74) is 2.33. The van der Waals surface area contributed by atoms with Gasteiger partial charge in [0.1, 0.15) is 0 Å². The summed E-state index contributed by atoms with van der Waals surface area (Å²) in [4.78, 5) is 0. The SMILES string of the molecule is CCc1cc(Br)ccc1NC(=S)NC(C)C. The van der Waals surface area contributed by atoms with Crippen molar-refractivity contribution in [2.45, 2.75) is 33.2 Å². The molecule has 1 aromatic rings. The van der Waals surface area contributed by atoms with Crippen molar-refractivity contribution in [3.05, 3.63) is 28.2 Å². The number of halogens is 1. The van der Waals surface area contributed by atoms with Crippen molar-refractivity contribution in [3.8, 4) is 0 Å². The van der Waals surface area contributed by atoms with Crippen LogP contribution in [0.15, 0.2) is 22.7 Å². The van der Waals surface area contributed by atoms with Crippen LogP contribution in [-0.4, -0.2) is 11.2 Å². The molecule has 1 rings (SSSR count). The molecule has 0 bridgehead atoms. The standard InChI is InChI=1S/C12H17BrN2S/c1-4-9-7-10(13)5-6-11(9)15-12(16)14-8(2)3/h5-8H,4H2,1-3H3,(H2,14,15,16). The molecule has 0 atom stereocenters. The van der Waals surface area contributed by atoms with Crippen LogP contribution in [0.2, 0.25) is 0 Å². The molecule has 0 saturated carbocycles. The van der Waals surface area contributed by atoms with Gasteiger partial charge in [0.25, 0.3) is 0 Å². The lowest BCUT2D eigenvalue weighted by atomic mass is 10.1. The van der Waals surface area contributed by atoms with E-state index >= 15 is 0 Å². The van der Waals surface area contributed by atoms with E-state index in [4.69, 9.17) is 12.2 Å². The summed E-state index contributed by atoms with van der Waals surface area (Å²) in [6, 6.07) is 6.51. The number of hydrogen-bond acceptors (Lipinski definition) is 1. The van der Waals surface area contributed by atoms with Crippen LogP contribution in [0.3, 0.4) is 0 Å². The molecule has 0 saturated heterocycles. The lowest BCUT2D eigenvalue weighted by molar-refractivity contribution is 0.739. The van der Waals surface area contributed by atoms with Gasteiger partial charge in [-0.1, -0.05) is 22.9 Å². The Kier molecular flexibility index (Phi) is 5.22. The molecule has 2 nitrogen and oxygen atoms in total. The minimum absolute atomic E-state index is 0.348. The first-order valence-corrected chi connectivity index (χ1v) is 6.59. The summed E-state index contributed by atoms with van der Waals surface area (Å²) in [5.74, 6) is 0. The molecule has 0 aliphatic carbocycles. The molecule has 0 amide bonds. The molecule has 2 N–H and O–H groups in total. The van der Waals surface area contributed by atoms with E-state index in [2.05, 4.69) is 53.4 Å². The van der Waals surface area contributed by atoms with Crippen LogP contribution in [0, 0.1) is 0 Å². The van der Waals surface area contributed by atoms with Gasteiger partial charge in [-0.25, -0.2) is 0 Å². The fourth-order valence-electron chi connectivity index (χ4n) is 1.40. The molecule has 0 unspecified atom stereocenters. The Labute approximate surface area is 111 Å². The molecule has 4 heteroatoms. The third kappa shape index (κ3) is 4.10. The van der Waals surface area contributed by atoms with Crippen molar-refractivity contribution in [3.63, 3.8) is 0 Å². The van der Waals surface area contributed by atoms with Gasteiger partial charge in [-0.2, -0.15) is 0 Å². The predicted octanol–water partition coefficient (Wildman–Crippen LogP) is 3.71. The van der Waals surface area contributed by atoms with Crippen molar-refractivity contribution in [1.82, 2.24) is 5.32 Å². The van der Waals surface area contributed by atoms with Gasteiger partial charge >= 0.3 is 0 Å². The summed E-state index contributed by atoms with van der Waals surface area (Å²) in [5, 5.41) is 7.06. The van der Waals surface area contributed by atoms with Crippen LogP contribution in [0.25, 0.3) is 0 Å². The van der Waals surface area contributed by atoms with E-state index < -0.39 is 0 Å². The largest absolute Gasteiger partial charge is 0.360 e. The maximum Gasteiger partial charge on any atom is 0.170 e. The molecular formula is C12H17BrN2S. The third-order valence-electron chi connectivity index (χ3n) is 2.12. The Bertz CT molecular complexity index is 377. The molecule has 0 fully saturated rings. The Morgan fingerprint density at radius 2 is 2.12 bits per heavy atom. The van der Waals surface area contributed by atoms with E-state index in [0.29, 0.717) is 11.2 Å². The van der Waals surface area contributed by atoms with Crippen LogP contribution in [0.5, 0.6) is 0 Å². The topological polar surface area (TPSA) is 24.1 Å². The second kappa shape index (κ2) is 6.21. The number of benzene rings is 1. The number of anilines is 1. The molecule has 88 valence electrons. The van der Waals surface area contributed by atoms with E-state index in [1.54, 1.807) is 0 Å². The Morgan fingerprint density at radius 1 is 1.44 bits per heavy atom. The third-order valence-corrected chi connectivity index (χ3v) is 2.83. The monoisotopic (exact) mass is 300 g/mol. The van der Waals surface area contributed by atoms with Crippen LogP contribution >= 0.6 is 28.1 Å². The lowest BCUT2D eigenvalue weighted by Gasteiger charge is -2.15. The Balaban J connectivity index is 2.76. The minimum atomic E-state index is 0.348. The van der Waals surface area contributed by atoms with Gasteiger partial charge in [0.15, 0.2) is 5.11 Å².